The number of halogens is 1. The highest BCUT2D eigenvalue weighted by Gasteiger charge is 2.30. The number of nitrogens with zero attached hydrogens (tertiary/aromatic N) is 3. The quantitative estimate of drug-likeness (QED) is 0.388. The van der Waals surface area contributed by atoms with Crippen LogP contribution in [-0.2, 0) is 0 Å². The summed E-state index contributed by atoms with van der Waals surface area (Å²) in [6.07, 6.45) is 7.59. The standard InChI is InChI=1S/C14H14BrN3/c15-11-5-6-14(17-18-16)13(8-11)12-7-9-1-3-10(12)4-2-9/h5-10H,1-4H2. The summed E-state index contributed by atoms with van der Waals surface area (Å²) >= 11 is 3.51. The summed E-state index contributed by atoms with van der Waals surface area (Å²) in [6, 6.07) is 5.90. The molecule has 0 aliphatic heterocycles. The Balaban J connectivity index is 2.11. The molecule has 0 amide bonds. The third kappa shape index (κ3) is 2.06. The lowest BCUT2D eigenvalue weighted by Gasteiger charge is -2.36. The Bertz CT molecular complexity index is 550. The van der Waals surface area contributed by atoms with Crippen LogP contribution in [0, 0.1) is 11.8 Å². The van der Waals surface area contributed by atoms with Crippen LogP contribution in [0.25, 0.3) is 16.0 Å². The highest BCUT2D eigenvalue weighted by atomic mass is 79.9. The molecule has 0 heterocycles. The minimum atomic E-state index is 0.650. The van der Waals surface area contributed by atoms with Crippen LogP contribution in [0.15, 0.2) is 33.9 Å². The molecule has 0 atom stereocenters. The molecular weight excluding hydrogens is 290 g/mol. The maximum atomic E-state index is 8.67. The van der Waals surface area contributed by atoms with Gasteiger partial charge in [0.15, 0.2) is 0 Å². The number of rotatable bonds is 2. The monoisotopic (exact) mass is 303 g/mol. The fraction of sp³-hybridized carbons (Fsp3) is 0.429. The van der Waals surface area contributed by atoms with Crippen molar-refractivity contribution in [2.24, 2.45) is 17.0 Å². The van der Waals surface area contributed by atoms with Crippen LogP contribution < -0.4 is 0 Å². The van der Waals surface area contributed by atoms with E-state index in [0.717, 1.165) is 21.6 Å². The molecule has 4 rings (SSSR count). The second-order valence-electron chi connectivity index (χ2n) is 5.08. The molecule has 3 aliphatic carbocycles. The molecule has 0 spiro atoms. The van der Waals surface area contributed by atoms with Gasteiger partial charge in [-0.3, -0.25) is 0 Å². The predicted octanol–water partition coefficient (Wildman–Crippen LogP) is 5.59. The molecular formula is C14H14BrN3. The van der Waals surface area contributed by atoms with Gasteiger partial charge in [-0.15, -0.1) is 0 Å². The van der Waals surface area contributed by atoms with Crippen LogP contribution in [0.4, 0.5) is 5.69 Å². The third-order valence-electron chi connectivity index (χ3n) is 4.05. The Labute approximate surface area is 115 Å². The molecule has 0 radical (unpaired) electrons. The van der Waals surface area contributed by atoms with E-state index in [9.17, 15) is 0 Å². The lowest BCUT2D eigenvalue weighted by molar-refractivity contribution is 0.340. The molecule has 0 saturated heterocycles. The van der Waals surface area contributed by atoms with Gasteiger partial charge in [-0.2, -0.15) is 0 Å². The molecule has 3 nitrogen and oxygen atoms in total. The first-order valence-electron chi connectivity index (χ1n) is 6.34. The van der Waals surface area contributed by atoms with Crippen molar-refractivity contribution < 1.29 is 0 Å². The maximum absolute atomic E-state index is 8.67. The van der Waals surface area contributed by atoms with Crippen molar-refractivity contribution in [3.05, 3.63) is 44.8 Å². The zero-order chi connectivity index (χ0) is 12.5. The molecule has 4 heteroatoms. The third-order valence-corrected chi connectivity index (χ3v) is 4.54. The van der Waals surface area contributed by atoms with Gasteiger partial charge in [-0.25, -0.2) is 0 Å². The number of hydrogen-bond donors (Lipinski definition) is 0. The lowest BCUT2D eigenvalue weighted by Crippen LogP contribution is -2.21. The molecule has 92 valence electrons. The lowest BCUT2D eigenvalue weighted by atomic mass is 9.69. The molecule has 2 bridgehead atoms. The topological polar surface area (TPSA) is 48.8 Å². The molecule has 0 N–H and O–H groups in total. The first-order chi connectivity index (χ1) is 8.78. The average molecular weight is 304 g/mol. The first-order valence-corrected chi connectivity index (χ1v) is 7.14. The van der Waals surface area contributed by atoms with Gasteiger partial charge >= 0.3 is 0 Å². The van der Waals surface area contributed by atoms with E-state index in [-0.39, 0.29) is 0 Å². The van der Waals surface area contributed by atoms with Gasteiger partial charge in [0, 0.05) is 15.1 Å². The summed E-state index contributed by atoms with van der Waals surface area (Å²) in [6.45, 7) is 0. The zero-order valence-corrected chi connectivity index (χ0v) is 11.6. The van der Waals surface area contributed by atoms with E-state index in [2.05, 4.69) is 38.1 Å². The van der Waals surface area contributed by atoms with Crippen LogP contribution in [0.3, 0.4) is 0 Å². The Morgan fingerprint density at radius 2 is 2.00 bits per heavy atom. The summed E-state index contributed by atoms with van der Waals surface area (Å²) in [4.78, 5) is 2.94. The Morgan fingerprint density at radius 1 is 1.22 bits per heavy atom. The molecule has 0 aromatic heterocycles. The number of allylic oxidation sites excluding steroid dienone is 2. The van der Waals surface area contributed by atoms with Gasteiger partial charge < -0.3 is 0 Å². The second kappa shape index (κ2) is 4.79. The fourth-order valence-corrected chi connectivity index (χ4v) is 3.53. The van der Waals surface area contributed by atoms with E-state index in [1.807, 2.05) is 12.1 Å². The van der Waals surface area contributed by atoms with Gasteiger partial charge in [0.25, 0.3) is 0 Å². The van der Waals surface area contributed by atoms with Gasteiger partial charge in [-0.1, -0.05) is 33.2 Å². The van der Waals surface area contributed by atoms with Crippen LogP contribution >= 0.6 is 15.9 Å². The van der Waals surface area contributed by atoms with E-state index in [0.29, 0.717) is 5.92 Å². The summed E-state index contributed by atoms with van der Waals surface area (Å²) in [5, 5.41) is 3.83. The number of hydrogen-bond acceptors (Lipinski definition) is 1. The largest absolute Gasteiger partial charge is 0.0773 e. The minimum Gasteiger partial charge on any atom is -0.0773 e. The molecule has 18 heavy (non-hydrogen) atoms. The van der Waals surface area contributed by atoms with Crippen molar-refractivity contribution in [2.75, 3.05) is 0 Å². The summed E-state index contributed by atoms with van der Waals surface area (Å²) in [5.41, 5.74) is 11.9. The van der Waals surface area contributed by atoms with Crippen molar-refractivity contribution >= 4 is 27.2 Å². The van der Waals surface area contributed by atoms with E-state index >= 15 is 0 Å². The molecule has 1 aromatic carbocycles. The van der Waals surface area contributed by atoms with Crippen molar-refractivity contribution in [1.82, 2.24) is 0 Å². The fourth-order valence-electron chi connectivity index (χ4n) is 3.17. The molecule has 3 aliphatic rings. The summed E-state index contributed by atoms with van der Waals surface area (Å²) in [5.74, 6) is 1.37. The normalized spacial score (nSPS) is 25.5. The number of azide groups is 1. The molecule has 1 saturated carbocycles. The van der Waals surface area contributed by atoms with E-state index in [4.69, 9.17) is 5.53 Å². The number of fused-ring (bicyclic) bond motifs is 2. The SMILES string of the molecule is [N-]=[N+]=Nc1ccc(Br)cc1C1=CC2CCC1CC2. The van der Waals surface area contributed by atoms with E-state index in [1.54, 1.807) is 0 Å². The van der Waals surface area contributed by atoms with Crippen molar-refractivity contribution in [1.29, 1.82) is 0 Å². The Hall–Kier alpha value is -1.25. The van der Waals surface area contributed by atoms with Gasteiger partial charge in [0.05, 0.1) is 0 Å². The van der Waals surface area contributed by atoms with Crippen LogP contribution in [-0.4, -0.2) is 0 Å². The van der Waals surface area contributed by atoms with Crippen LogP contribution in [0.5, 0.6) is 0 Å². The molecule has 0 unspecified atom stereocenters. The van der Waals surface area contributed by atoms with Gasteiger partial charge in [0.1, 0.15) is 0 Å². The predicted molar refractivity (Wildman–Crippen MR) is 76.4 cm³/mol. The van der Waals surface area contributed by atoms with E-state index in [1.165, 1.54) is 31.3 Å². The first kappa shape index (κ1) is 11.8. The highest BCUT2D eigenvalue weighted by Crippen LogP contribution is 2.47. The second-order valence-corrected chi connectivity index (χ2v) is 6.00. The Morgan fingerprint density at radius 3 is 2.61 bits per heavy atom. The molecule has 1 aromatic rings. The number of benzene rings is 1. The average Bonchev–Trinajstić information content (AvgIpc) is 2.42. The smallest absolute Gasteiger partial charge is 0.0451 e. The van der Waals surface area contributed by atoms with Crippen molar-refractivity contribution in [3.8, 4) is 0 Å². The van der Waals surface area contributed by atoms with Gasteiger partial charge in [0.2, 0.25) is 0 Å². The van der Waals surface area contributed by atoms with Crippen molar-refractivity contribution in [3.63, 3.8) is 0 Å². The van der Waals surface area contributed by atoms with Crippen LogP contribution in [0.2, 0.25) is 0 Å². The van der Waals surface area contributed by atoms with Crippen molar-refractivity contribution in [2.45, 2.75) is 25.7 Å². The van der Waals surface area contributed by atoms with E-state index < -0.39 is 0 Å². The highest BCUT2D eigenvalue weighted by molar-refractivity contribution is 9.10. The maximum Gasteiger partial charge on any atom is 0.0451 e. The summed E-state index contributed by atoms with van der Waals surface area (Å²) in [7, 11) is 0. The molecule has 1 fully saturated rings. The zero-order valence-electron chi connectivity index (χ0n) is 10.0. The minimum absolute atomic E-state index is 0.650. The van der Waals surface area contributed by atoms with Crippen LogP contribution in [0.1, 0.15) is 31.2 Å². The Kier molecular flexibility index (Phi) is 3.14. The van der Waals surface area contributed by atoms with Gasteiger partial charge in [-0.05, 0) is 66.3 Å². The summed E-state index contributed by atoms with van der Waals surface area (Å²) < 4.78 is 1.04.